The monoisotopic (exact) mass is 796 g/mol. The maximum Gasteiger partial charge on any atom is 0.140 e. The van der Waals surface area contributed by atoms with Crippen LogP contribution in [0.15, 0.2) is 218 Å². The van der Waals surface area contributed by atoms with E-state index < -0.39 is 10.8 Å². The molecule has 0 bridgehead atoms. The van der Waals surface area contributed by atoms with E-state index in [1.165, 1.54) is 111 Å². The van der Waals surface area contributed by atoms with Gasteiger partial charge in [0.25, 0.3) is 0 Å². The highest BCUT2D eigenvalue weighted by molar-refractivity contribution is 6.08. The molecule has 0 saturated carbocycles. The predicted molar refractivity (Wildman–Crippen MR) is 258 cm³/mol. The molecule has 2 spiro atoms. The molecule has 1 heteroatoms. The van der Waals surface area contributed by atoms with Crippen LogP contribution in [0.5, 0.6) is 11.5 Å². The summed E-state index contributed by atoms with van der Waals surface area (Å²) in [5.74, 6) is 1.87. The van der Waals surface area contributed by atoms with Gasteiger partial charge in [-0.15, -0.1) is 0 Å². The van der Waals surface area contributed by atoms with Crippen LogP contribution in [0.3, 0.4) is 0 Å². The largest absolute Gasteiger partial charge is 0.455 e. The first kappa shape index (κ1) is 33.7. The van der Waals surface area contributed by atoms with E-state index in [9.17, 15) is 0 Å². The third-order valence-corrected chi connectivity index (χ3v) is 15.1. The van der Waals surface area contributed by atoms with Crippen molar-refractivity contribution in [3.05, 3.63) is 263 Å². The molecule has 0 amide bonds. The Morgan fingerprint density at radius 1 is 0.254 bits per heavy atom. The number of hydrogen-bond donors (Lipinski definition) is 0. The molecule has 0 aromatic heterocycles. The van der Waals surface area contributed by atoms with E-state index in [0.717, 1.165) is 22.3 Å². The molecule has 3 aliphatic carbocycles. The molecule has 0 N–H and O–H groups in total. The Balaban J connectivity index is 1.06. The normalized spacial score (nSPS) is 16.3. The van der Waals surface area contributed by atoms with Crippen molar-refractivity contribution in [1.29, 1.82) is 0 Å². The first-order valence-corrected chi connectivity index (χ1v) is 22.1. The lowest BCUT2D eigenvalue weighted by atomic mass is 9.64. The third kappa shape index (κ3) is 3.96. The van der Waals surface area contributed by atoms with Crippen molar-refractivity contribution in [3.63, 3.8) is 0 Å². The molecular formula is C62H36O. The SMILES string of the molecule is c1ccc2c(c1)-c1ccc(-c3cc4c(c5ccccc35)Oc3c(ccc5ccccc35)C43c4ccccc4-c4ccccc43)cc1C21c2ccccc2-c2c1ccc1ccccc21. The van der Waals surface area contributed by atoms with E-state index >= 15 is 0 Å². The Labute approximate surface area is 365 Å². The second-order valence-electron chi connectivity index (χ2n) is 17.8. The van der Waals surface area contributed by atoms with Crippen LogP contribution < -0.4 is 4.74 Å². The standard InChI is InChI=1S/C62H36O/c1-3-17-40-37(15-1)30-33-54-58(40)48-24-10-14-28-53(48)61(54)50-25-11-9-22-45(50)46-32-29-39(35-56(46)61)49-36-57-60(47-23-6-5-19-42(47)49)63-59-41-18-4-2-16-38(41)31-34-55(59)62(57)51-26-12-7-20-43(51)44-21-8-13-27-52(44)62/h1-36H. The zero-order valence-electron chi connectivity index (χ0n) is 34.2. The van der Waals surface area contributed by atoms with E-state index in [4.69, 9.17) is 4.74 Å². The van der Waals surface area contributed by atoms with E-state index in [0.29, 0.717) is 0 Å². The summed E-state index contributed by atoms with van der Waals surface area (Å²) in [7, 11) is 0. The molecule has 1 atom stereocenters. The van der Waals surface area contributed by atoms with Crippen LogP contribution in [0.2, 0.25) is 0 Å². The van der Waals surface area contributed by atoms with Crippen LogP contribution >= 0.6 is 0 Å². The Hall–Kier alpha value is -8.00. The van der Waals surface area contributed by atoms with Crippen LogP contribution in [0.1, 0.15) is 44.5 Å². The fourth-order valence-corrected chi connectivity index (χ4v) is 12.8. The summed E-state index contributed by atoms with van der Waals surface area (Å²) in [5, 5.41) is 7.17. The third-order valence-electron chi connectivity index (χ3n) is 15.1. The lowest BCUT2D eigenvalue weighted by Gasteiger charge is -2.40. The molecule has 15 rings (SSSR count). The van der Waals surface area contributed by atoms with Crippen LogP contribution in [0, 0.1) is 0 Å². The van der Waals surface area contributed by atoms with Gasteiger partial charge in [0.2, 0.25) is 0 Å². The fourth-order valence-electron chi connectivity index (χ4n) is 12.8. The Morgan fingerprint density at radius 3 is 1.38 bits per heavy atom. The highest BCUT2D eigenvalue weighted by Crippen LogP contribution is 2.66. The van der Waals surface area contributed by atoms with Crippen molar-refractivity contribution in [1.82, 2.24) is 0 Å². The minimum Gasteiger partial charge on any atom is -0.455 e. The summed E-state index contributed by atoms with van der Waals surface area (Å²) in [4.78, 5) is 0. The molecule has 63 heavy (non-hydrogen) atoms. The second kappa shape index (κ2) is 11.9. The van der Waals surface area contributed by atoms with E-state index in [2.05, 4.69) is 218 Å². The van der Waals surface area contributed by atoms with E-state index in [1.807, 2.05) is 0 Å². The molecule has 4 aliphatic rings. The zero-order valence-corrected chi connectivity index (χ0v) is 34.2. The summed E-state index contributed by atoms with van der Waals surface area (Å²) in [5.41, 5.74) is 19.5. The maximum atomic E-state index is 7.42. The van der Waals surface area contributed by atoms with Gasteiger partial charge in [0.15, 0.2) is 0 Å². The number of ether oxygens (including phenoxy) is 1. The lowest BCUT2D eigenvalue weighted by Crippen LogP contribution is -2.32. The summed E-state index contributed by atoms with van der Waals surface area (Å²) in [6.45, 7) is 0. The highest BCUT2D eigenvalue weighted by Gasteiger charge is 2.54. The van der Waals surface area contributed by atoms with Gasteiger partial charge in [-0.25, -0.2) is 0 Å². The average molecular weight is 797 g/mol. The fraction of sp³-hybridized carbons (Fsp3) is 0.0323. The molecule has 11 aromatic carbocycles. The minimum atomic E-state index is -0.614. The highest BCUT2D eigenvalue weighted by atomic mass is 16.5. The Morgan fingerprint density at radius 2 is 0.714 bits per heavy atom. The summed E-state index contributed by atoms with van der Waals surface area (Å²) in [6.07, 6.45) is 0. The van der Waals surface area contributed by atoms with Crippen molar-refractivity contribution in [2.45, 2.75) is 10.8 Å². The summed E-state index contributed by atoms with van der Waals surface area (Å²) < 4.78 is 7.42. The Kier molecular flexibility index (Phi) is 6.35. The van der Waals surface area contributed by atoms with Gasteiger partial charge < -0.3 is 4.74 Å². The Bertz CT molecular complexity index is 3800. The zero-order chi connectivity index (χ0) is 41.0. The van der Waals surface area contributed by atoms with E-state index in [1.54, 1.807) is 0 Å². The van der Waals surface area contributed by atoms with Crippen LogP contribution in [-0.2, 0) is 10.8 Å². The molecule has 11 aromatic rings. The van der Waals surface area contributed by atoms with Crippen molar-refractivity contribution < 1.29 is 4.74 Å². The van der Waals surface area contributed by atoms with Crippen molar-refractivity contribution in [2.75, 3.05) is 0 Å². The number of benzene rings is 11. The minimum absolute atomic E-state index is 0.477. The molecule has 0 saturated heterocycles. The molecule has 290 valence electrons. The van der Waals surface area contributed by atoms with Gasteiger partial charge >= 0.3 is 0 Å². The average Bonchev–Trinajstić information content (AvgIpc) is 3.94. The molecule has 1 nitrogen and oxygen atoms in total. The van der Waals surface area contributed by atoms with Crippen LogP contribution in [-0.4, -0.2) is 0 Å². The van der Waals surface area contributed by atoms with Gasteiger partial charge in [-0.2, -0.15) is 0 Å². The predicted octanol–water partition coefficient (Wildman–Crippen LogP) is 15.6. The molecule has 1 heterocycles. The smallest absolute Gasteiger partial charge is 0.140 e. The first-order chi connectivity index (χ1) is 31.3. The van der Waals surface area contributed by atoms with Crippen molar-refractivity contribution in [2.24, 2.45) is 0 Å². The van der Waals surface area contributed by atoms with Gasteiger partial charge in [-0.05, 0) is 112 Å². The first-order valence-electron chi connectivity index (χ1n) is 22.1. The number of hydrogen-bond acceptors (Lipinski definition) is 1. The summed E-state index contributed by atoms with van der Waals surface area (Å²) >= 11 is 0. The molecule has 0 radical (unpaired) electrons. The maximum absolute atomic E-state index is 7.42. The molecule has 1 unspecified atom stereocenters. The number of fused-ring (bicyclic) bond motifs is 25. The lowest BCUT2D eigenvalue weighted by molar-refractivity contribution is 0.447. The number of rotatable bonds is 1. The van der Waals surface area contributed by atoms with Gasteiger partial charge in [0, 0.05) is 21.9 Å². The second-order valence-corrected chi connectivity index (χ2v) is 17.8. The van der Waals surface area contributed by atoms with Crippen LogP contribution in [0.25, 0.3) is 76.8 Å². The van der Waals surface area contributed by atoms with Crippen molar-refractivity contribution in [3.8, 4) is 56.0 Å². The van der Waals surface area contributed by atoms with Crippen molar-refractivity contribution >= 4 is 32.3 Å². The van der Waals surface area contributed by atoms with Gasteiger partial charge in [0.1, 0.15) is 11.5 Å². The van der Waals surface area contributed by atoms with E-state index in [-0.39, 0.29) is 0 Å². The molecule has 0 fully saturated rings. The van der Waals surface area contributed by atoms with Gasteiger partial charge in [-0.3, -0.25) is 0 Å². The molecule has 1 aliphatic heterocycles. The van der Waals surface area contributed by atoms with Gasteiger partial charge in [-0.1, -0.05) is 206 Å². The summed E-state index contributed by atoms with van der Waals surface area (Å²) in [6, 6.07) is 82.1. The van der Waals surface area contributed by atoms with Crippen LogP contribution in [0.4, 0.5) is 0 Å². The molecular weight excluding hydrogens is 761 g/mol. The quantitative estimate of drug-likeness (QED) is 0.161. The van der Waals surface area contributed by atoms with Gasteiger partial charge in [0.05, 0.1) is 10.8 Å². The topological polar surface area (TPSA) is 9.23 Å².